The SMILES string of the molecule is C1COC(COC2CCN(c3nnnn3C3CC4CCC3C4)CC2)C1. The van der Waals surface area contributed by atoms with Crippen LogP contribution in [0.25, 0.3) is 0 Å². The summed E-state index contributed by atoms with van der Waals surface area (Å²) >= 11 is 0. The molecule has 3 heterocycles. The van der Waals surface area contributed by atoms with Crippen LogP contribution in [-0.4, -0.2) is 58.7 Å². The molecule has 7 nitrogen and oxygen atoms in total. The second kappa shape index (κ2) is 6.83. The van der Waals surface area contributed by atoms with E-state index in [0.29, 0.717) is 18.2 Å². The number of fused-ring (bicyclic) bond motifs is 2. The van der Waals surface area contributed by atoms with Gasteiger partial charge in [-0.15, -0.1) is 0 Å². The lowest BCUT2D eigenvalue weighted by Gasteiger charge is -2.33. The van der Waals surface area contributed by atoms with Crippen LogP contribution in [0.3, 0.4) is 0 Å². The molecule has 2 saturated carbocycles. The monoisotopic (exact) mass is 347 g/mol. The molecule has 2 aliphatic heterocycles. The van der Waals surface area contributed by atoms with Gasteiger partial charge in [0.25, 0.3) is 0 Å². The molecule has 4 fully saturated rings. The summed E-state index contributed by atoms with van der Waals surface area (Å²) in [6, 6.07) is 0.525. The van der Waals surface area contributed by atoms with Crippen LogP contribution in [0.2, 0.25) is 0 Å². The van der Waals surface area contributed by atoms with Crippen LogP contribution in [-0.2, 0) is 9.47 Å². The summed E-state index contributed by atoms with van der Waals surface area (Å²) in [5.41, 5.74) is 0. The third-order valence-corrected chi connectivity index (χ3v) is 6.76. The quantitative estimate of drug-likeness (QED) is 0.813. The molecular formula is C18H29N5O2. The number of ether oxygens (including phenoxy) is 2. The fourth-order valence-corrected chi connectivity index (χ4v) is 5.36. The second-order valence-electron chi connectivity index (χ2n) is 8.32. The minimum Gasteiger partial charge on any atom is -0.376 e. The minimum absolute atomic E-state index is 0.322. The first-order valence-corrected chi connectivity index (χ1v) is 10.1. The molecule has 25 heavy (non-hydrogen) atoms. The van der Waals surface area contributed by atoms with E-state index >= 15 is 0 Å². The van der Waals surface area contributed by atoms with E-state index in [4.69, 9.17) is 9.47 Å². The maximum Gasteiger partial charge on any atom is 0.245 e. The average Bonchev–Trinajstić information content (AvgIpc) is 3.45. The largest absolute Gasteiger partial charge is 0.376 e. The van der Waals surface area contributed by atoms with E-state index in [2.05, 4.69) is 25.1 Å². The van der Waals surface area contributed by atoms with Crippen molar-refractivity contribution in [1.82, 2.24) is 20.2 Å². The summed E-state index contributed by atoms with van der Waals surface area (Å²) in [6.45, 7) is 3.63. The fraction of sp³-hybridized carbons (Fsp3) is 0.944. The van der Waals surface area contributed by atoms with Gasteiger partial charge in [0.1, 0.15) is 0 Å². The molecule has 0 radical (unpaired) electrons. The Morgan fingerprint density at radius 2 is 2.00 bits per heavy atom. The Bertz CT molecular complexity index is 580. The van der Waals surface area contributed by atoms with Gasteiger partial charge < -0.3 is 14.4 Å². The summed E-state index contributed by atoms with van der Waals surface area (Å²) < 4.78 is 13.9. The molecule has 5 rings (SSSR count). The molecule has 0 spiro atoms. The normalized spacial score (nSPS) is 35.8. The topological polar surface area (TPSA) is 65.3 Å². The van der Waals surface area contributed by atoms with Crippen molar-refractivity contribution in [1.29, 1.82) is 0 Å². The van der Waals surface area contributed by atoms with Gasteiger partial charge in [-0.25, -0.2) is 4.68 Å². The molecule has 0 aromatic carbocycles. The van der Waals surface area contributed by atoms with E-state index < -0.39 is 0 Å². The van der Waals surface area contributed by atoms with E-state index in [1.54, 1.807) is 0 Å². The first-order chi connectivity index (χ1) is 12.4. The van der Waals surface area contributed by atoms with Crippen molar-refractivity contribution in [2.24, 2.45) is 11.8 Å². The smallest absolute Gasteiger partial charge is 0.245 e. The Hall–Kier alpha value is -1.21. The predicted octanol–water partition coefficient (Wildman–Crippen LogP) is 2.20. The van der Waals surface area contributed by atoms with Crippen LogP contribution in [0.15, 0.2) is 0 Å². The highest BCUT2D eigenvalue weighted by molar-refractivity contribution is 5.30. The van der Waals surface area contributed by atoms with Gasteiger partial charge >= 0.3 is 0 Å². The lowest BCUT2D eigenvalue weighted by Crippen LogP contribution is -2.40. The molecule has 1 aromatic rings. The van der Waals surface area contributed by atoms with Gasteiger partial charge in [0.15, 0.2) is 0 Å². The number of tetrazole rings is 1. The van der Waals surface area contributed by atoms with Crippen molar-refractivity contribution in [2.75, 3.05) is 31.2 Å². The molecule has 2 aliphatic carbocycles. The zero-order valence-corrected chi connectivity index (χ0v) is 14.9. The van der Waals surface area contributed by atoms with Crippen LogP contribution < -0.4 is 4.90 Å². The minimum atomic E-state index is 0.322. The summed E-state index contributed by atoms with van der Waals surface area (Å²) in [5.74, 6) is 2.68. The van der Waals surface area contributed by atoms with Gasteiger partial charge in [-0.2, -0.15) is 0 Å². The first-order valence-electron chi connectivity index (χ1n) is 10.1. The zero-order valence-electron chi connectivity index (χ0n) is 14.9. The summed E-state index contributed by atoms with van der Waals surface area (Å²) in [7, 11) is 0. The van der Waals surface area contributed by atoms with Crippen molar-refractivity contribution >= 4 is 5.95 Å². The molecule has 138 valence electrons. The lowest BCUT2D eigenvalue weighted by molar-refractivity contribution is -0.0281. The third kappa shape index (κ3) is 3.16. The van der Waals surface area contributed by atoms with E-state index in [-0.39, 0.29) is 0 Å². The van der Waals surface area contributed by atoms with Crippen molar-refractivity contribution in [3.05, 3.63) is 0 Å². The molecule has 2 saturated heterocycles. The van der Waals surface area contributed by atoms with Gasteiger partial charge in [-0.3, -0.25) is 0 Å². The lowest BCUT2D eigenvalue weighted by atomic mass is 9.95. The van der Waals surface area contributed by atoms with Gasteiger partial charge in [-0.05, 0) is 67.2 Å². The maximum atomic E-state index is 6.09. The van der Waals surface area contributed by atoms with Gasteiger partial charge in [-0.1, -0.05) is 11.5 Å². The van der Waals surface area contributed by atoms with Gasteiger partial charge in [0.2, 0.25) is 5.95 Å². The van der Waals surface area contributed by atoms with Crippen LogP contribution in [0.4, 0.5) is 5.95 Å². The van der Waals surface area contributed by atoms with Crippen LogP contribution in [0, 0.1) is 11.8 Å². The number of piperidine rings is 1. The summed E-state index contributed by atoms with van der Waals surface area (Å²) in [5, 5.41) is 12.7. The highest BCUT2D eigenvalue weighted by Gasteiger charge is 2.42. The van der Waals surface area contributed by atoms with Crippen LogP contribution in [0.1, 0.15) is 57.4 Å². The Balaban J connectivity index is 1.17. The number of rotatable bonds is 5. The van der Waals surface area contributed by atoms with Crippen molar-refractivity contribution < 1.29 is 9.47 Å². The average molecular weight is 347 g/mol. The van der Waals surface area contributed by atoms with E-state index in [1.807, 2.05) is 0 Å². The van der Waals surface area contributed by atoms with E-state index in [1.165, 1.54) is 32.1 Å². The number of hydrogen-bond acceptors (Lipinski definition) is 6. The van der Waals surface area contributed by atoms with E-state index in [9.17, 15) is 0 Å². The Labute approximate surface area is 149 Å². The molecule has 4 aliphatic rings. The number of hydrogen-bond donors (Lipinski definition) is 0. The Morgan fingerprint density at radius 3 is 2.72 bits per heavy atom. The van der Waals surface area contributed by atoms with Gasteiger partial charge in [0.05, 0.1) is 24.9 Å². The number of nitrogens with zero attached hydrogens (tertiary/aromatic N) is 5. The van der Waals surface area contributed by atoms with Crippen LogP contribution in [0.5, 0.6) is 0 Å². The number of anilines is 1. The fourth-order valence-electron chi connectivity index (χ4n) is 5.36. The Kier molecular flexibility index (Phi) is 4.37. The number of aromatic nitrogens is 4. The van der Waals surface area contributed by atoms with Gasteiger partial charge in [0, 0.05) is 19.7 Å². The molecule has 4 atom stereocenters. The molecule has 7 heteroatoms. The second-order valence-corrected chi connectivity index (χ2v) is 8.32. The molecule has 1 aromatic heterocycles. The molecule has 0 N–H and O–H groups in total. The highest BCUT2D eigenvalue weighted by atomic mass is 16.5. The molecule has 4 unspecified atom stereocenters. The molecule has 2 bridgehead atoms. The third-order valence-electron chi connectivity index (χ3n) is 6.76. The van der Waals surface area contributed by atoms with Crippen molar-refractivity contribution in [3.63, 3.8) is 0 Å². The summed E-state index contributed by atoms with van der Waals surface area (Å²) in [4.78, 5) is 2.36. The Morgan fingerprint density at radius 1 is 1.08 bits per heavy atom. The first kappa shape index (κ1) is 16.0. The zero-order chi connectivity index (χ0) is 16.6. The molecule has 0 amide bonds. The van der Waals surface area contributed by atoms with Crippen molar-refractivity contribution in [3.8, 4) is 0 Å². The predicted molar refractivity (Wildman–Crippen MR) is 92.5 cm³/mol. The van der Waals surface area contributed by atoms with Crippen molar-refractivity contribution in [2.45, 2.75) is 69.6 Å². The summed E-state index contributed by atoms with van der Waals surface area (Å²) in [6.07, 6.45) is 10.5. The molecular weight excluding hydrogens is 318 g/mol. The standard InChI is InChI=1S/C18H29N5O2/c1-2-16(24-9-1)12-25-15-5-7-22(8-6-15)18-19-20-21-23(18)17-11-13-3-4-14(17)10-13/h13-17H,1-12H2. The van der Waals surface area contributed by atoms with E-state index in [0.717, 1.165) is 63.3 Å². The maximum absolute atomic E-state index is 6.09. The highest BCUT2D eigenvalue weighted by Crippen LogP contribution is 2.51. The van der Waals surface area contributed by atoms with Crippen LogP contribution >= 0.6 is 0 Å².